The zero-order valence-electron chi connectivity index (χ0n) is 16.8. The second kappa shape index (κ2) is 9.65. The molecule has 0 saturated carbocycles. The fourth-order valence-corrected chi connectivity index (χ4v) is 4.95. The summed E-state index contributed by atoms with van der Waals surface area (Å²) in [6, 6.07) is 16.3. The summed E-state index contributed by atoms with van der Waals surface area (Å²) in [6.07, 6.45) is 0. The van der Waals surface area contributed by atoms with E-state index in [4.69, 9.17) is 4.74 Å². The Morgan fingerprint density at radius 1 is 1.06 bits per heavy atom. The third-order valence-corrected chi connectivity index (χ3v) is 6.97. The van der Waals surface area contributed by atoms with Crippen LogP contribution in [0.5, 0.6) is 5.75 Å². The van der Waals surface area contributed by atoms with Gasteiger partial charge in [-0.15, -0.1) is 0 Å². The molecule has 3 aromatic rings. The summed E-state index contributed by atoms with van der Waals surface area (Å²) in [5.74, 6) is -0.519. The lowest BCUT2D eigenvalue weighted by atomic mass is 10.2. The zero-order chi connectivity index (χ0) is 22.6. The molecule has 3 aromatic carbocycles. The minimum atomic E-state index is -4.13. The van der Waals surface area contributed by atoms with Crippen molar-refractivity contribution >= 4 is 49.9 Å². The molecule has 0 fully saturated rings. The second-order valence-electron chi connectivity index (χ2n) is 6.67. The van der Waals surface area contributed by atoms with E-state index in [-0.39, 0.29) is 10.6 Å². The molecule has 162 valence electrons. The highest BCUT2D eigenvalue weighted by Gasteiger charge is 2.27. The number of amides is 1. The number of sulfonamides is 1. The lowest BCUT2D eigenvalue weighted by molar-refractivity contribution is -0.114. The van der Waals surface area contributed by atoms with Crippen LogP contribution in [0.3, 0.4) is 0 Å². The van der Waals surface area contributed by atoms with E-state index in [1.165, 1.54) is 19.2 Å². The molecule has 9 heteroatoms. The summed E-state index contributed by atoms with van der Waals surface area (Å²) in [6.45, 7) is 1.39. The number of carbonyl (C=O) groups excluding carboxylic acids is 1. The van der Waals surface area contributed by atoms with Crippen LogP contribution in [-0.4, -0.2) is 28.0 Å². The Kier molecular flexibility index (Phi) is 7.16. The van der Waals surface area contributed by atoms with Crippen LogP contribution in [0.4, 0.5) is 15.8 Å². The molecule has 0 atom stereocenters. The number of methoxy groups -OCH3 is 1. The van der Waals surface area contributed by atoms with E-state index in [1.807, 2.05) is 19.1 Å². The highest BCUT2D eigenvalue weighted by molar-refractivity contribution is 14.1. The number of aryl methyl sites for hydroxylation is 1. The average molecular weight is 554 g/mol. The smallest absolute Gasteiger partial charge is 0.264 e. The van der Waals surface area contributed by atoms with Crippen LogP contribution < -0.4 is 14.4 Å². The van der Waals surface area contributed by atoms with Crippen LogP contribution in [0.1, 0.15) is 5.56 Å². The van der Waals surface area contributed by atoms with E-state index < -0.39 is 28.3 Å². The molecule has 6 nitrogen and oxygen atoms in total. The normalized spacial score (nSPS) is 11.1. The number of nitrogens with one attached hydrogen (secondary N) is 1. The van der Waals surface area contributed by atoms with Gasteiger partial charge in [-0.25, -0.2) is 12.8 Å². The number of benzene rings is 3. The molecule has 31 heavy (non-hydrogen) atoms. The van der Waals surface area contributed by atoms with Gasteiger partial charge in [0.05, 0.1) is 17.7 Å². The van der Waals surface area contributed by atoms with Crippen LogP contribution in [0.15, 0.2) is 71.6 Å². The Hall–Kier alpha value is -2.66. The highest BCUT2D eigenvalue weighted by Crippen LogP contribution is 2.26. The van der Waals surface area contributed by atoms with Crippen LogP contribution in [0.25, 0.3) is 0 Å². The predicted molar refractivity (Wildman–Crippen MR) is 126 cm³/mol. The quantitative estimate of drug-likeness (QED) is 0.434. The Morgan fingerprint density at radius 2 is 1.71 bits per heavy atom. The van der Waals surface area contributed by atoms with Gasteiger partial charge in [0, 0.05) is 9.26 Å². The van der Waals surface area contributed by atoms with Crippen molar-refractivity contribution in [3.8, 4) is 5.75 Å². The molecule has 0 aliphatic carbocycles. The van der Waals surface area contributed by atoms with Gasteiger partial charge in [-0.1, -0.05) is 0 Å². The van der Waals surface area contributed by atoms with E-state index in [9.17, 15) is 17.6 Å². The summed E-state index contributed by atoms with van der Waals surface area (Å²) < 4.78 is 47.0. The van der Waals surface area contributed by atoms with E-state index in [0.29, 0.717) is 11.4 Å². The van der Waals surface area contributed by atoms with Crippen LogP contribution in [0.2, 0.25) is 0 Å². The van der Waals surface area contributed by atoms with Gasteiger partial charge < -0.3 is 10.1 Å². The fourth-order valence-electron chi connectivity index (χ4n) is 2.88. The number of nitrogens with zero attached hydrogens (tertiary/aromatic N) is 1. The summed E-state index contributed by atoms with van der Waals surface area (Å²) in [4.78, 5) is 12.7. The molecule has 1 amide bonds. The fraction of sp³-hybridized carbons (Fsp3) is 0.136. The number of carbonyl (C=O) groups is 1. The van der Waals surface area contributed by atoms with Gasteiger partial charge in [0.25, 0.3) is 10.0 Å². The third kappa shape index (κ3) is 5.53. The van der Waals surface area contributed by atoms with E-state index in [1.54, 1.807) is 30.3 Å². The second-order valence-corrected chi connectivity index (χ2v) is 9.78. The van der Waals surface area contributed by atoms with Crippen molar-refractivity contribution < 1.29 is 22.3 Å². The van der Waals surface area contributed by atoms with Gasteiger partial charge >= 0.3 is 0 Å². The Morgan fingerprint density at radius 3 is 2.29 bits per heavy atom. The van der Waals surface area contributed by atoms with Crippen molar-refractivity contribution in [2.45, 2.75) is 11.8 Å². The molecule has 0 aromatic heterocycles. The monoisotopic (exact) mass is 554 g/mol. The lowest BCUT2D eigenvalue weighted by Gasteiger charge is -2.24. The molecule has 3 rings (SSSR count). The van der Waals surface area contributed by atoms with Gasteiger partial charge in [-0.2, -0.15) is 0 Å². The number of ether oxygens (including phenoxy) is 1. The molecular weight excluding hydrogens is 534 g/mol. The predicted octanol–water partition coefficient (Wildman–Crippen LogP) is 4.58. The van der Waals surface area contributed by atoms with Crippen molar-refractivity contribution in [3.05, 3.63) is 81.7 Å². The number of hydrogen-bond acceptors (Lipinski definition) is 4. The van der Waals surface area contributed by atoms with Crippen LogP contribution in [0, 0.1) is 16.3 Å². The first-order valence-corrected chi connectivity index (χ1v) is 11.7. The lowest BCUT2D eigenvalue weighted by Crippen LogP contribution is -2.38. The van der Waals surface area contributed by atoms with Crippen LogP contribution in [-0.2, 0) is 14.8 Å². The number of anilines is 2. The maximum atomic E-state index is 13.3. The first kappa shape index (κ1) is 23.0. The molecule has 0 spiro atoms. The number of rotatable bonds is 7. The van der Waals surface area contributed by atoms with E-state index >= 15 is 0 Å². The van der Waals surface area contributed by atoms with Gasteiger partial charge in [0.2, 0.25) is 5.91 Å². The van der Waals surface area contributed by atoms with E-state index in [2.05, 4.69) is 27.9 Å². The SMILES string of the molecule is COc1ccc(N(CC(=O)Nc2ccc(I)cc2C)S(=O)(=O)c2ccc(F)cc2)cc1. The minimum Gasteiger partial charge on any atom is -0.497 e. The van der Waals surface area contributed by atoms with Gasteiger partial charge in [0.1, 0.15) is 18.1 Å². The van der Waals surface area contributed by atoms with Gasteiger partial charge in [-0.05, 0) is 102 Å². The van der Waals surface area contributed by atoms with Gasteiger partial charge in [-0.3, -0.25) is 9.10 Å². The summed E-state index contributed by atoms with van der Waals surface area (Å²) >= 11 is 2.17. The molecule has 0 heterocycles. The molecule has 1 N–H and O–H groups in total. The van der Waals surface area contributed by atoms with Gasteiger partial charge in [0.15, 0.2) is 0 Å². The topological polar surface area (TPSA) is 75.7 Å². The molecular formula is C22H20FIN2O4S. The summed E-state index contributed by atoms with van der Waals surface area (Å²) in [5.41, 5.74) is 1.73. The molecule has 0 radical (unpaired) electrons. The van der Waals surface area contributed by atoms with Crippen molar-refractivity contribution in [2.75, 3.05) is 23.3 Å². The minimum absolute atomic E-state index is 0.122. The average Bonchev–Trinajstić information content (AvgIpc) is 2.74. The summed E-state index contributed by atoms with van der Waals surface area (Å²) in [5, 5.41) is 2.76. The van der Waals surface area contributed by atoms with Crippen LogP contribution >= 0.6 is 22.6 Å². The Balaban J connectivity index is 1.94. The largest absolute Gasteiger partial charge is 0.497 e. The zero-order valence-corrected chi connectivity index (χ0v) is 19.8. The van der Waals surface area contributed by atoms with E-state index in [0.717, 1.165) is 25.6 Å². The molecule has 0 unspecified atom stereocenters. The molecule has 0 aliphatic heterocycles. The van der Waals surface area contributed by atoms with Crippen molar-refractivity contribution in [3.63, 3.8) is 0 Å². The first-order chi connectivity index (χ1) is 14.7. The number of hydrogen-bond donors (Lipinski definition) is 1. The van der Waals surface area contributed by atoms with Crippen molar-refractivity contribution in [1.82, 2.24) is 0 Å². The Bertz CT molecular complexity index is 1180. The summed E-state index contributed by atoms with van der Waals surface area (Å²) in [7, 11) is -2.63. The molecule has 0 aliphatic rings. The Labute approximate surface area is 194 Å². The highest BCUT2D eigenvalue weighted by atomic mass is 127. The third-order valence-electron chi connectivity index (χ3n) is 4.51. The maximum absolute atomic E-state index is 13.3. The van der Waals surface area contributed by atoms with Crippen molar-refractivity contribution in [2.24, 2.45) is 0 Å². The van der Waals surface area contributed by atoms with Crippen molar-refractivity contribution in [1.29, 1.82) is 0 Å². The molecule has 0 bridgehead atoms. The standard InChI is InChI=1S/C22H20FIN2O4S/c1-15-13-17(24)5-12-21(15)25-22(27)14-26(18-6-8-19(30-2)9-7-18)31(28,29)20-10-3-16(23)4-11-20/h3-13H,14H2,1-2H3,(H,25,27). The first-order valence-electron chi connectivity index (χ1n) is 9.19. The number of halogens is 2. The maximum Gasteiger partial charge on any atom is 0.264 e. The molecule has 0 saturated heterocycles.